The summed E-state index contributed by atoms with van der Waals surface area (Å²) < 4.78 is 28.3. The van der Waals surface area contributed by atoms with E-state index in [0.717, 1.165) is 12.0 Å². The lowest BCUT2D eigenvalue weighted by Gasteiger charge is -2.35. The van der Waals surface area contributed by atoms with E-state index in [2.05, 4.69) is 19.9 Å². The van der Waals surface area contributed by atoms with Crippen molar-refractivity contribution in [2.45, 2.75) is 38.1 Å². The van der Waals surface area contributed by atoms with Gasteiger partial charge in [-0.1, -0.05) is 19.1 Å². The molecule has 0 atom stereocenters. The maximum Gasteiger partial charge on any atom is 0.336 e. The molecule has 2 heterocycles. The van der Waals surface area contributed by atoms with Gasteiger partial charge in [0, 0.05) is 43.3 Å². The zero-order valence-corrected chi connectivity index (χ0v) is 26.3. The monoisotopic (exact) mass is 647 g/mol. The first-order valence-corrected chi connectivity index (χ1v) is 14.1. The van der Waals surface area contributed by atoms with Crippen LogP contribution in [-0.2, 0) is 21.2 Å². The number of aromatic carboxylic acids is 1. The number of pyridine rings is 1. The fourth-order valence-electron chi connectivity index (χ4n) is 4.44. The Labute approximate surface area is 259 Å². The summed E-state index contributed by atoms with van der Waals surface area (Å²) in [5.74, 6) is -0.613. The Kier molecular flexibility index (Phi) is 13.6. The van der Waals surface area contributed by atoms with Crippen molar-refractivity contribution < 1.29 is 23.1 Å². The molecule has 3 aromatic rings. The molecule has 0 unspecified atom stereocenters. The molecule has 0 radical (unpaired) electrons. The van der Waals surface area contributed by atoms with Crippen molar-refractivity contribution in [2.75, 3.05) is 42.3 Å². The minimum atomic E-state index is -3.85. The molecular weight excluding hydrogens is 613 g/mol. The predicted molar refractivity (Wildman–Crippen MR) is 169 cm³/mol. The number of carboxylic acid groups (broad SMARTS) is 1. The predicted octanol–water partition coefficient (Wildman–Crippen LogP) is 4.21. The quantitative estimate of drug-likeness (QED) is 0.315. The van der Waals surface area contributed by atoms with Crippen molar-refractivity contribution in [1.29, 1.82) is 0 Å². The molecule has 1 saturated heterocycles. The highest BCUT2D eigenvalue weighted by atomic mass is 35.5. The molecule has 1 aliphatic rings. The van der Waals surface area contributed by atoms with E-state index in [4.69, 9.17) is 0 Å². The number of nitrogens with zero attached hydrogens (tertiary/aromatic N) is 3. The Morgan fingerprint density at radius 1 is 0.976 bits per heavy atom. The number of halogens is 3. The zero-order chi connectivity index (χ0) is 27.4. The summed E-state index contributed by atoms with van der Waals surface area (Å²) in [5, 5.41) is 13.2. The second-order valence-corrected chi connectivity index (χ2v) is 11.3. The molecule has 10 nitrogen and oxygen atoms in total. The lowest BCUT2D eigenvalue weighted by molar-refractivity contribution is -0.122. The van der Waals surface area contributed by atoms with Gasteiger partial charge in [0.15, 0.2) is 0 Å². The van der Waals surface area contributed by atoms with Crippen LogP contribution in [0.5, 0.6) is 0 Å². The van der Waals surface area contributed by atoms with E-state index >= 15 is 0 Å². The number of carbonyl (C=O) groups is 2. The molecule has 41 heavy (non-hydrogen) atoms. The average molecular weight is 649 g/mol. The van der Waals surface area contributed by atoms with Crippen LogP contribution in [0.2, 0.25) is 0 Å². The number of nitrogens with one attached hydrogen (secondary N) is 2. The Hall–Kier alpha value is -2.83. The van der Waals surface area contributed by atoms with Crippen LogP contribution in [-0.4, -0.2) is 74.1 Å². The second-order valence-electron chi connectivity index (χ2n) is 9.65. The molecule has 3 N–H and O–H groups in total. The molecule has 226 valence electrons. The van der Waals surface area contributed by atoms with Crippen molar-refractivity contribution in [1.82, 2.24) is 15.2 Å². The standard InChI is InChI=1S/C27H33N5O5S.3ClH/c1-4-19-5-8-21(9-6-19)38(36,37)30-20-7-10-24-22(15-20)23(27(34)35)16-25(29-24)32-13-11-31(12-14-32)17-26(33)28-18(2)3;;;/h5-10,15-16,18,30H,4,11-14,17H2,1-3H3,(H,28,33)(H,34,35);3*1H. The highest BCUT2D eigenvalue weighted by Crippen LogP contribution is 2.28. The van der Waals surface area contributed by atoms with Gasteiger partial charge in [0.2, 0.25) is 5.91 Å². The minimum Gasteiger partial charge on any atom is -0.478 e. The van der Waals surface area contributed by atoms with Gasteiger partial charge >= 0.3 is 5.97 Å². The van der Waals surface area contributed by atoms with E-state index in [1.54, 1.807) is 36.4 Å². The summed E-state index contributed by atoms with van der Waals surface area (Å²) >= 11 is 0. The van der Waals surface area contributed by atoms with Gasteiger partial charge in [-0.15, -0.1) is 37.2 Å². The number of sulfonamides is 1. The lowest BCUT2D eigenvalue weighted by atomic mass is 10.1. The summed E-state index contributed by atoms with van der Waals surface area (Å²) in [6.07, 6.45) is 0.802. The Morgan fingerprint density at radius 3 is 2.17 bits per heavy atom. The largest absolute Gasteiger partial charge is 0.478 e. The van der Waals surface area contributed by atoms with E-state index in [9.17, 15) is 23.1 Å². The first-order valence-electron chi connectivity index (χ1n) is 12.6. The topological polar surface area (TPSA) is 132 Å². The van der Waals surface area contributed by atoms with Crippen LogP contribution >= 0.6 is 37.2 Å². The summed E-state index contributed by atoms with van der Waals surface area (Å²) in [6.45, 7) is 8.64. The molecule has 0 saturated carbocycles. The number of carbonyl (C=O) groups excluding carboxylic acids is 1. The fourth-order valence-corrected chi connectivity index (χ4v) is 5.49. The number of carboxylic acids is 1. The molecule has 1 aliphatic heterocycles. The van der Waals surface area contributed by atoms with Gasteiger partial charge in [0.25, 0.3) is 10.0 Å². The summed E-state index contributed by atoms with van der Waals surface area (Å²) in [4.78, 5) is 33.1. The number of fused-ring (bicyclic) bond motifs is 1. The highest BCUT2D eigenvalue weighted by Gasteiger charge is 2.23. The van der Waals surface area contributed by atoms with Gasteiger partial charge in [-0.25, -0.2) is 18.2 Å². The number of anilines is 2. The van der Waals surface area contributed by atoms with Crippen molar-refractivity contribution in [3.05, 3.63) is 59.7 Å². The summed E-state index contributed by atoms with van der Waals surface area (Å²) in [7, 11) is -3.85. The molecule has 2 aromatic carbocycles. The van der Waals surface area contributed by atoms with Gasteiger partial charge in [-0.3, -0.25) is 14.4 Å². The zero-order valence-electron chi connectivity index (χ0n) is 23.0. The van der Waals surface area contributed by atoms with E-state index < -0.39 is 16.0 Å². The number of aryl methyl sites for hydroxylation is 1. The summed E-state index contributed by atoms with van der Waals surface area (Å²) in [5.41, 5.74) is 1.77. The molecule has 1 amide bonds. The van der Waals surface area contributed by atoms with Crippen LogP contribution in [0.4, 0.5) is 11.5 Å². The Bertz CT molecular complexity index is 1450. The second kappa shape index (κ2) is 15.4. The van der Waals surface area contributed by atoms with Crippen molar-refractivity contribution >= 4 is 81.5 Å². The van der Waals surface area contributed by atoms with E-state index in [0.29, 0.717) is 49.4 Å². The number of amides is 1. The SMILES string of the molecule is CCc1ccc(S(=O)(=O)Nc2ccc3nc(N4CCN(CC(=O)NC(C)C)CC4)cc(C(=O)O)c3c2)cc1.Cl.Cl.Cl. The van der Waals surface area contributed by atoms with Crippen LogP contribution in [0.25, 0.3) is 10.9 Å². The third kappa shape index (κ3) is 9.08. The third-order valence-electron chi connectivity index (χ3n) is 6.43. The minimum absolute atomic E-state index is 0. The number of rotatable bonds is 9. The van der Waals surface area contributed by atoms with Crippen molar-refractivity contribution in [3.63, 3.8) is 0 Å². The molecule has 0 spiro atoms. The Balaban J connectivity index is 0.00000280. The van der Waals surface area contributed by atoms with Crippen LogP contribution < -0.4 is 14.9 Å². The van der Waals surface area contributed by atoms with E-state index in [1.807, 2.05) is 25.7 Å². The van der Waals surface area contributed by atoms with Gasteiger partial charge in [0.05, 0.1) is 22.5 Å². The maximum atomic E-state index is 12.9. The van der Waals surface area contributed by atoms with Crippen LogP contribution in [0.15, 0.2) is 53.4 Å². The Morgan fingerprint density at radius 2 is 1.61 bits per heavy atom. The normalized spacial score (nSPS) is 13.5. The molecule has 4 rings (SSSR count). The van der Waals surface area contributed by atoms with Gasteiger partial charge in [-0.2, -0.15) is 0 Å². The molecular formula is C27H36Cl3N5O5S. The fraction of sp³-hybridized carbons (Fsp3) is 0.370. The number of hydrogen-bond donors (Lipinski definition) is 3. The number of piperazine rings is 1. The first-order chi connectivity index (χ1) is 18.1. The van der Waals surface area contributed by atoms with E-state index in [1.165, 1.54) is 12.1 Å². The number of aromatic nitrogens is 1. The molecule has 1 aromatic heterocycles. The third-order valence-corrected chi connectivity index (χ3v) is 7.83. The van der Waals surface area contributed by atoms with Crippen molar-refractivity contribution in [2.24, 2.45) is 0 Å². The van der Waals surface area contributed by atoms with Gasteiger partial charge < -0.3 is 15.3 Å². The van der Waals surface area contributed by atoms with Crippen LogP contribution in [0, 0.1) is 0 Å². The van der Waals surface area contributed by atoms with Crippen molar-refractivity contribution in [3.8, 4) is 0 Å². The van der Waals surface area contributed by atoms with Crippen LogP contribution in [0.1, 0.15) is 36.7 Å². The van der Waals surface area contributed by atoms with Gasteiger partial charge in [-0.05, 0) is 62.2 Å². The molecule has 0 aliphatic carbocycles. The summed E-state index contributed by atoms with van der Waals surface area (Å²) in [6, 6.07) is 12.9. The highest BCUT2D eigenvalue weighted by molar-refractivity contribution is 7.92. The van der Waals surface area contributed by atoms with E-state index in [-0.39, 0.29) is 65.3 Å². The molecule has 0 bridgehead atoms. The average Bonchev–Trinajstić information content (AvgIpc) is 2.87. The lowest BCUT2D eigenvalue weighted by Crippen LogP contribution is -2.50. The maximum absolute atomic E-state index is 12.9. The van der Waals surface area contributed by atoms with Gasteiger partial charge in [0.1, 0.15) is 5.82 Å². The smallest absolute Gasteiger partial charge is 0.336 e. The number of hydrogen-bond acceptors (Lipinski definition) is 7. The van der Waals surface area contributed by atoms with Crippen LogP contribution in [0.3, 0.4) is 0 Å². The molecule has 1 fully saturated rings. The first kappa shape index (κ1) is 36.2. The molecule has 14 heteroatoms. The number of benzene rings is 2.